The summed E-state index contributed by atoms with van der Waals surface area (Å²) in [6.07, 6.45) is 7.50. The summed E-state index contributed by atoms with van der Waals surface area (Å²) >= 11 is 0. The summed E-state index contributed by atoms with van der Waals surface area (Å²) in [5, 5.41) is 16.5. The minimum atomic E-state index is -0.973. The van der Waals surface area contributed by atoms with Gasteiger partial charge in [0.25, 0.3) is 0 Å². The van der Waals surface area contributed by atoms with Gasteiger partial charge in [0.1, 0.15) is 11.2 Å². The number of amides is 2. The number of rotatable bonds is 6. The van der Waals surface area contributed by atoms with Gasteiger partial charge in [0.05, 0.1) is 24.2 Å². The molecule has 10 nitrogen and oxygen atoms in total. The molecular weight excluding hydrogens is 360 g/mol. The molecule has 2 aromatic rings. The summed E-state index contributed by atoms with van der Waals surface area (Å²) in [5.41, 5.74) is 2.32. The summed E-state index contributed by atoms with van der Waals surface area (Å²) in [6.45, 7) is 2.29. The molecule has 0 radical (unpaired) electrons. The van der Waals surface area contributed by atoms with Gasteiger partial charge in [-0.2, -0.15) is 20.1 Å². The molecule has 3 heterocycles. The Labute approximate surface area is 161 Å². The van der Waals surface area contributed by atoms with Crippen LogP contribution >= 0.6 is 0 Å². The molecule has 1 aliphatic carbocycles. The molecule has 1 aliphatic heterocycles. The number of anilines is 3. The molecule has 1 saturated heterocycles. The first-order valence-electron chi connectivity index (χ1n) is 9.23. The Hall–Kier alpha value is -3.48. The van der Waals surface area contributed by atoms with E-state index in [1.165, 1.54) is 9.69 Å². The van der Waals surface area contributed by atoms with E-state index in [4.69, 9.17) is 0 Å². The fourth-order valence-corrected chi connectivity index (χ4v) is 3.19. The summed E-state index contributed by atoms with van der Waals surface area (Å²) in [4.78, 5) is 35.9. The van der Waals surface area contributed by atoms with E-state index in [0.29, 0.717) is 36.8 Å². The monoisotopic (exact) mass is 380 g/mol. The Kier molecular flexibility index (Phi) is 4.43. The second kappa shape index (κ2) is 6.92. The zero-order valence-electron chi connectivity index (χ0n) is 15.4. The van der Waals surface area contributed by atoms with Crippen molar-refractivity contribution < 1.29 is 9.59 Å². The molecule has 0 aromatic carbocycles. The molecule has 144 valence electrons. The molecule has 0 bridgehead atoms. The minimum Gasteiger partial charge on any atom is -0.321 e. The SMILES string of the molecule is CC[C@]1(C#N)CCN(c2ccnc(Nc3cnn(NC(=O)C4CC4)c3)n2)C1=O. The normalized spacial score (nSPS) is 21.4. The van der Waals surface area contributed by atoms with E-state index in [-0.39, 0.29) is 17.7 Å². The lowest BCUT2D eigenvalue weighted by Crippen LogP contribution is -2.33. The van der Waals surface area contributed by atoms with Gasteiger partial charge in [-0.25, -0.2) is 10.4 Å². The van der Waals surface area contributed by atoms with Crippen LogP contribution in [0.3, 0.4) is 0 Å². The Morgan fingerprint density at radius 2 is 2.29 bits per heavy atom. The van der Waals surface area contributed by atoms with Crippen LogP contribution < -0.4 is 15.6 Å². The zero-order valence-corrected chi connectivity index (χ0v) is 15.4. The van der Waals surface area contributed by atoms with Crippen molar-refractivity contribution in [1.29, 1.82) is 5.26 Å². The Morgan fingerprint density at radius 3 is 2.96 bits per heavy atom. The fourth-order valence-electron chi connectivity index (χ4n) is 3.19. The van der Waals surface area contributed by atoms with E-state index in [9.17, 15) is 14.9 Å². The maximum absolute atomic E-state index is 12.7. The lowest BCUT2D eigenvalue weighted by molar-refractivity contribution is -0.123. The highest BCUT2D eigenvalue weighted by atomic mass is 16.2. The molecule has 4 rings (SSSR count). The summed E-state index contributed by atoms with van der Waals surface area (Å²) in [6, 6.07) is 3.81. The smallest absolute Gasteiger partial charge is 0.248 e. The van der Waals surface area contributed by atoms with E-state index in [2.05, 4.69) is 31.9 Å². The van der Waals surface area contributed by atoms with Crippen LogP contribution in [0, 0.1) is 22.7 Å². The second-order valence-electron chi connectivity index (χ2n) is 7.04. The van der Waals surface area contributed by atoms with Gasteiger partial charge < -0.3 is 5.32 Å². The maximum Gasteiger partial charge on any atom is 0.248 e. The fraction of sp³-hybridized carbons (Fsp3) is 0.444. The molecule has 2 amide bonds. The number of carbonyl (C=O) groups excluding carboxylic acids is 2. The number of nitriles is 1. The largest absolute Gasteiger partial charge is 0.321 e. The molecule has 0 unspecified atom stereocenters. The number of hydrogen-bond donors (Lipinski definition) is 2. The van der Waals surface area contributed by atoms with Gasteiger partial charge in [0.15, 0.2) is 0 Å². The predicted molar refractivity (Wildman–Crippen MR) is 99.9 cm³/mol. The number of carbonyl (C=O) groups is 2. The zero-order chi connectivity index (χ0) is 19.7. The van der Waals surface area contributed by atoms with Crippen LogP contribution in [-0.2, 0) is 9.59 Å². The van der Waals surface area contributed by atoms with E-state index >= 15 is 0 Å². The summed E-state index contributed by atoms with van der Waals surface area (Å²) in [5.74, 6) is 0.559. The predicted octanol–water partition coefficient (Wildman–Crippen LogP) is 1.55. The topological polar surface area (TPSA) is 129 Å². The third-order valence-electron chi connectivity index (χ3n) is 5.16. The van der Waals surface area contributed by atoms with Crippen molar-refractivity contribution in [1.82, 2.24) is 19.9 Å². The molecular formula is C18H20N8O2. The minimum absolute atomic E-state index is 0.0441. The van der Waals surface area contributed by atoms with Crippen LogP contribution in [0.4, 0.5) is 17.5 Å². The second-order valence-corrected chi connectivity index (χ2v) is 7.04. The summed E-state index contributed by atoms with van der Waals surface area (Å²) in [7, 11) is 0. The van der Waals surface area contributed by atoms with Crippen molar-refractivity contribution in [2.75, 3.05) is 22.2 Å². The van der Waals surface area contributed by atoms with Gasteiger partial charge in [-0.3, -0.25) is 14.5 Å². The molecule has 1 atom stereocenters. The van der Waals surface area contributed by atoms with Crippen molar-refractivity contribution in [2.24, 2.45) is 11.3 Å². The van der Waals surface area contributed by atoms with Gasteiger partial charge in [-0.15, -0.1) is 0 Å². The molecule has 2 aliphatic rings. The number of aromatic nitrogens is 4. The molecule has 1 saturated carbocycles. The first kappa shape index (κ1) is 17.9. The first-order valence-corrected chi connectivity index (χ1v) is 9.23. The van der Waals surface area contributed by atoms with Crippen LogP contribution in [0.15, 0.2) is 24.7 Å². The van der Waals surface area contributed by atoms with E-state index in [1.807, 2.05) is 6.92 Å². The number of nitrogens with one attached hydrogen (secondary N) is 2. The Bertz CT molecular complexity index is 960. The highest BCUT2D eigenvalue weighted by molar-refractivity contribution is 6.01. The third kappa shape index (κ3) is 3.26. The molecule has 28 heavy (non-hydrogen) atoms. The van der Waals surface area contributed by atoms with Crippen molar-refractivity contribution in [3.63, 3.8) is 0 Å². The van der Waals surface area contributed by atoms with Crippen molar-refractivity contribution in [3.05, 3.63) is 24.7 Å². The van der Waals surface area contributed by atoms with Crippen molar-refractivity contribution in [2.45, 2.75) is 32.6 Å². The average Bonchev–Trinajstić information content (AvgIpc) is 3.39. The van der Waals surface area contributed by atoms with E-state index in [1.54, 1.807) is 24.7 Å². The lowest BCUT2D eigenvalue weighted by atomic mass is 9.85. The molecule has 2 fully saturated rings. The van der Waals surface area contributed by atoms with E-state index in [0.717, 1.165) is 12.8 Å². The molecule has 0 spiro atoms. The lowest BCUT2D eigenvalue weighted by Gasteiger charge is -2.19. The number of hydrogen-bond acceptors (Lipinski definition) is 7. The highest BCUT2D eigenvalue weighted by Gasteiger charge is 2.46. The van der Waals surface area contributed by atoms with Crippen LogP contribution in [0.5, 0.6) is 0 Å². The van der Waals surface area contributed by atoms with Crippen molar-refractivity contribution in [3.8, 4) is 6.07 Å². The van der Waals surface area contributed by atoms with Crippen molar-refractivity contribution >= 4 is 29.3 Å². The average molecular weight is 380 g/mol. The quantitative estimate of drug-likeness (QED) is 0.778. The maximum atomic E-state index is 12.7. The molecule has 10 heteroatoms. The number of nitrogens with zero attached hydrogens (tertiary/aromatic N) is 6. The van der Waals surface area contributed by atoms with Gasteiger partial charge in [-0.1, -0.05) is 6.92 Å². The highest BCUT2D eigenvalue weighted by Crippen LogP contribution is 2.36. The Balaban J connectivity index is 1.46. The molecule has 2 N–H and O–H groups in total. The van der Waals surface area contributed by atoms with Gasteiger partial charge >= 0.3 is 0 Å². The van der Waals surface area contributed by atoms with Crippen LogP contribution in [0.2, 0.25) is 0 Å². The van der Waals surface area contributed by atoms with Crippen LogP contribution in [-0.4, -0.2) is 38.2 Å². The molecule has 2 aromatic heterocycles. The third-order valence-corrected chi connectivity index (χ3v) is 5.16. The van der Waals surface area contributed by atoms with Gasteiger partial charge in [0, 0.05) is 18.7 Å². The van der Waals surface area contributed by atoms with Gasteiger partial charge in [-0.05, 0) is 31.7 Å². The van der Waals surface area contributed by atoms with E-state index < -0.39 is 5.41 Å². The Morgan fingerprint density at radius 1 is 1.46 bits per heavy atom. The van der Waals surface area contributed by atoms with Gasteiger partial charge in [0.2, 0.25) is 17.8 Å². The standard InChI is InChI=1S/C18H20N8O2/c1-2-18(11-19)6-8-25(16(18)28)14-5-7-20-17(23-14)22-13-9-21-26(10-13)24-15(27)12-3-4-12/h5,7,9-10,12H,2-4,6,8H2,1H3,(H,24,27)(H,20,22,23)/t18-/m1/s1. The summed E-state index contributed by atoms with van der Waals surface area (Å²) < 4.78 is 0. The van der Waals surface area contributed by atoms with Crippen LogP contribution in [0.1, 0.15) is 32.6 Å². The van der Waals surface area contributed by atoms with Crippen LogP contribution in [0.25, 0.3) is 0 Å². The first-order chi connectivity index (χ1) is 13.5.